The minimum Gasteiger partial charge on any atom is -0.300 e. The monoisotopic (exact) mass is 178 g/mol. The third-order valence-corrected chi connectivity index (χ3v) is 4.09. The molecule has 2 atom stereocenters. The first-order valence-electron chi connectivity index (χ1n) is 4.42. The van der Waals surface area contributed by atoms with Gasteiger partial charge in [-0.1, -0.05) is 0 Å². The molecule has 1 heterocycles. The molecular weight excluding hydrogens is 168 g/mol. The van der Waals surface area contributed by atoms with Gasteiger partial charge in [0.25, 0.3) is 0 Å². The number of hydrogen-bond donors (Lipinski definition) is 0. The van der Waals surface area contributed by atoms with E-state index in [2.05, 4.69) is 11.4 Å². The summed E-state index contributed by atoms with van der Waals surface area (Å²) in [6.07, 6.45) is 2.82. The molecule has 0 radical (unpaired) electrons. The highest BCUT2D eigenvalue weighted by atomic mass is 32.1. The van der Waals surface area contributed by atoms with Crippen LogP contribution in [0.15, 0.2) is 11.4 Å². The van der Waals surface area contributed by atoms with Crippen LogP contribution in [-0.4, -0.2) is 5.78 Å². The smallest absolute Gasteiger partial charge is 0.133 e. The Labute approximate surface area is 75.4 Å². The van der Waals surface area contributed by atoms with Gasteiger partial charge in [0.15, 0.2) is 0 Å². The highest BCUT2D eigenvalue weighted by Crippen LogP contribution is 2.48. The number of hydrogen-bond acceptors (Lipinski definition) is 2. The van der Waals surface area contributed by atoms with Gasteiger partial charge in [-0.25, -0.2) is 0 Å². The molecule has 1 saturated carbocycles. The second kappa shape index (κ2) is 2.19. The lowest BCUT2D eigenvalue weighted by Crippen LogP contribution is -1.97. The van der Waals surface area contributed by atoms with Crippen molar-refractivity contribution in [1.29, 1.82) is 0 Å². The normalized spacial score (nSPS) is 32.2. The van der Waals surface area contributed by atoms with Crippen molar-refractivity contribution in [2.24, 2.45) is 5.92 Å². The van der Waals surface area contributed by atoms with Gasteiger partial charge in [-0.15, -0.1) is 11.3 Å². The van der Waals surface area contributed by atoms with E-state index in [1.807, 2.05) is 11.3 Å². The lowest BCUT2D eigenvalue weighted by atomic mass is 9.97. The maximum absolute atomic E-state index is 11.2. The summed E-state index contributed by atoms with van der Waals surface area (Å²) in [5.74, 6) is 1.74. The van der Waals surface area contributed by atoms with Crippen LogP contribution in [0.4, 0.5) is 0 Å². The molecule has 2 unspecified atom stereocenters. The van der Waals surface area contributed by atoms with E-state index in [1.165, 1.54) is 16.9 Å². The average Bonchev–Trinajstić information content (AvgIpc) is 2.59. The van der Waals surface area contributed by atoms with E-state index >= 15 is 0 Å². The van der Waals surface area contributed by atoms with Crippen LogP contribution in [0.25, 0.3) is 0 Å². The highest BCUT2D eigenvalue weighted by Gasteiger charge is 2.40. The zero-order valence-corrected chi connectivity index (χ0v) is 7.56. The molecule has 0 bridgehead atoms. The van der Waals surface area contributed by atoms with Gasteiger partial charge in [-0.05, 0) is 35.3 Å². The van der Waals surface area contributed by atoms with Crippen molar-refractivity contribution in [1.82, 2.24) is 0 Å². The molecule has 0 aromatic carbocycles. The summed E-state index contributed by atoms with van der Waals surface area (Å²) in [7, 11) is 0. The summed E-state index contributed by atoms with van der Waals surface area (Å²) in [6.45, 7) is 0. The van der Waals surface area contributed by atoms with Gasteiger partial charge in [0.05, 0.1) is 0 Å². The van der Waals surface area contributed by atoms with Crippen LogP contribution in [0.3, 0.4) is 0 Å². The van der Waals surface area contributed by atoms with Crippen LogP contribution in [0, 0.1) is 5.92 Å². The van der Waals surface area contributed by atoms with Crippen LogP contribution < -0.4 is 0 Å². The minimum atomic E-state index is 0.474. The van der Waals surface area contributed by atoms with E-state index in [0.29, 0.717) is 17.6 Å². The molecule has 2 aliphatic rings. The van der Waals surface area contributed by atoms with Gasteiger partial charge in [-0.2, -0.15) is 0 Å². The molecule has 0 spiro atoms. The lowest BCUT2D eigenvalue weighted by molar-refractivity contribution is -0.117. The number of rotatable bonds is 0. The molecule has 1 fully saturated rings. The first-order valence-corrected chi connectivity index (χ1v) is 5.30. The molecule has 1 aromatic heterocycles. The highest BCUT2D eigenvalue weighted by molar-refractivity contribution is 7.10. The molecule has 12 heavy (non-hydrogen) atoms. The SMILES string of the molecule is O=C1CC2Cc3sccc3C2C1. The number of Topliss-reactive ketones (excluding diaryl/α,β-unsaturated/α-hetero) is 1. The molecular formula is C10H10OS. The third-order valence-electron chi connectivity index (χ3n) is 3.13. The molecule has 2 aliphatic carbocycles. The predicted molar refractivity (Wildman–Crippen MR) is 48.5 cm³/mol. The minimum absolute atomic E-state index is 0.474. The fourth-order valence-corrected chi connectivity index (χ4v) is 3.64. The predicted octanol–water partition coefficient (Wildman–Crippen LogP) is 2.37. The van der Waals surface area contributed by atoms with Gasteiger partial charge < -0.3 is 0 Å². The lowest BCUT2D eigenvalue weighted by Gasteiger charge is -2.05. The molecule has 2 heteroatoms. The van der Waals surface area contributed by atoms with Crippen molar-refractivity contribution >= 4 is 17.1 Å². The van der Waals surface area contributed by atoms with Crippen LogP contribution in [0.5, 0.6) is 0 Å². The molecule has 0 saturated heterocycles. The summed E-state index contributed by atoms with van der Waals surface area (Å²) in [5.41, 5.74) is 1.48. The van der Waals surface area contributed by atoms with Gasteiger partial charge in [0.2, 0.25) is 0 Å². The molecule has 1 aromatic rings. The first kappa shape index (κ1) is 6.84. The Kier molecular flexibility index (Phi) is 1.25. The van der Waals surface area contributed by atoms with Crippen molar-refractivity contribution in [2.45, 2.75) is 25.2 Å². The number of carbonyl (C=O) groups is 1. The number of ketones is 1. The molecule has 0 aliphatic heterocycles. The second-order valence-electron chi connectivity index (χ2n) is 3.82. The topological polar surface area (TPSA) is 17.1 Å². The summed E-state index contributed by atoms with van der Waals surface area (Å²) in [6, 6.07) is 2.21. The summed E-state index contributed by atoms with van der Waals surface area (Å²) in [5, 5.41) is 2.16. The molecule has 0 N–H and O–H groups in total. The van der Waals surface area contributed by atoms with E-state index in [-0.39, 0.29) is 0 Å². The summed E-state index contributed by atoms with van der Waals surface area (Å²) >= 11 is 1.86. The van der Waals surface area contributed by atoms with Gasteiger partial charge in [0.1, 0.15) is 5.78 Å². The van der Waals surface area contributed by atoms with Gasteiger partial charge in [-0.3, -0.25) is 4.79 Å². The van der Waals surface area contributed by atoms with E-state index in [4.69, 9.17) is 0 Å². The Hall–Kier alpha value is -0.630. The molecule has 62 valence electrons. The standard InChI is InChI=1S/C10H10OS/c11-7-3-6-4-10-8(1-2-12-10)9(6)5-7/h1-2,6,9H,3-5H2. The second-order valence-corrected chi connectivity index (χ2v) is 4.82. The first-order chi connectivity index (χ1) is 5.84. The number of thiophene rings is 1. The maximum atomic E-state index is 11.2. The van der Waals surface area contributed by atoms with E-state index in [1.54, 1.807) is 0 Å². The Bertz CT molecular complexity index is 339. The van der Waals surface area contributed by atoms with Crippen molar-refractivity contribution in [3.8, 4) is 0 Å². The average molecular weight is 178 g/mol. The quantitative estimate of drug-likeness (QED) is 0.596. The molecule has 3 rings (SSSR count). The third kappa shape index (κ3) is 0.761. The van der Waals surface area contributed by atoms with Crippen molar-refractivity contribution in [3.05, 3.63) is 21.9 Å². The van der Waals surface area contributed by atoms with Gasteiger partial charge >= 0.3 is 0 Å². The van der Waals surface area contributed by atoms with E-state index < -0.39 is 0 Å². The Morgan fingerprint density at radius 3 is 3.17 bits per heavy atom. The van der Waals surface area contributed by atoms with Crippen LogP contribution in [0.2, 0.25) is 0 Å². The molecule has 0 amide bonds. The summed E-state index contributed by atoms with van der Waals surface area (Å²) in [4.78, 5) is 12.7. The zero-order valence-electron chi connectivity index (χ0n) is 6.75. The van der Waals surface area contributed by atoms with Crippen LogP contribution in [-0.2, 0) is 11.2 Å². The van der Waals surface area contributed by atoms with Crippen LogP contribution in [0.1, 0.15) is 29.2 Å². The van der Waals surface area contributed by atoms with E-state index in [0.717, 1.165) is 12.8 Å². The molecule has 1 nitrogen and oxygen atoms in total. The van der Waals surface area contributed by atoms with Gasteiger partial charge in [0, 0.05) is 17.7 Å². The number of fused-ring (bicyclic) bond motifs is 3. The largest absolute Gasteiger partial charge is 0.300 e. The maximum Gasteiger partial charge on any atom is 0.133 e. The van der Waals surface area contributed by atoms with Crippen molar-refractivity contribution in [3.63, 3.8) is 0 Å². The Balaban J connectivity index is 2.05. The summed E-state index contributed by atoms with van der Waals surface area (Å²) < 4.78 is 0. The van der Waals surface area contributed by atoms with Crippen LogP contribution >= 0.6 is 11.3 Å². The Morgan fingerprint density at radius 2 is 2.25 bits per heavy atom. The number of carbonyl (C=O) groups excluding carboxylic acids is 1. The fourth-order valence-electron chi connectivity index (χ4n) is 2.59. The van der Waals surface area contributed by atoms with Crippen molar-refractivity contribution in [2.75, 3.05) is 0 Å². The zero-order chi connectivity index (χ0) is 8.13. The Morgan fingerprint density at radius 1 is 1.33 bits per heavy atom. The van der Waals surface area contributed by atoms with E-state index in [9.17, 15) is 4.79 Å². The fraction of sp³-hybridized carbons (Fsp3) is 0.500. The van der Waals surface area contributed by atoms with Crippen molar-refractivity contribution < 1.29 is 4.79 Å².